The largest absolute Gasteiger partial charge is 0.480 e. The van der Waals surface area contributed by atoms with Crippen LogP contribution < -0.4 is 5.32 Å². The van der Waals surface area contributed by atoms with E-state index in [0.717, 1.165) is 4.31 Å². The second kappa shape index (κ2) is 6.83. The van der Waals surface area contributed by atoms with E-state index < -0.39 is 21.7 Å². The summed E-state index contributed by atoms with van der Waals surface area (Å²) in [4.78, 5) is 23.7. The van der Waals surface area contributed by atoms with E-state index >= 15 is 0 Å². The van der Waals surface area contributed by atoms with E-state index in [-0.39, 0.29) is 25.5 Å². The Morgan fingerprint density at radius 1 is 1.21 bits per heavy atom. The number of nitrogens with zero attached hydrogens (tertiary/aromatic N) is 2. The number of aliphatic carboxylic acids is 1. The zero-order valence-electron chi connectivity index (χ0n) is 10.8. The molecule has 1 saturated heterocycles. The molecule has 0 aromatic rings. The lowest BCUT2D eigenvalue weighted by Gasteiger charge is -2.33. The first-order valence-electron chi connectivity index (χ1n) is 6.04. The molecule has 0 bridgehead atoms. The van der Waals surface area contributed by atoms with E-state index in [2.05, 4.69) is 5.32 Å². The van der Waals surface area contributed by atoms with Crippen LogP contribution in [-0.4, -0.2) is 79.6 Å². The van der Waals surface area contributed by atoms with E-state index in [1.54, 1.807) is 0 Å². The number of amides is 1. The Hall–Kier alpha value is -1.19. The Morgan fingerprint density at radius 3 is 2.26 bits per heavy atom. The van der Waals surface area contributed by atoms with E-state index in [0.29, 0.717) is 19.6 Å². The third-order valence-corrected chi connectivity index (χ3v) is 4.54. The second-order valence-corrected chi connectivity index (χ2v) is 6.25. The van der Waals surface area contributed by atoms with Gasteiger partial charge in [-0.3, -0.25) is 14.5 Å². The molecule has 1 rings (SSSR count). The number of hydrogen-bond donors (Lipinski definition) is 2. The van der Waals surface area contributed by atoms with Gasteiger partial charge in [-0.15, -0.1) is 0 Å². The Balaban J connectivity index is 2.44. The summed E-state index contributed by atoms with van der Waals surface area (Å²) in [5.74, 6) is -2.34. The first-order chi connectivity index (χ1) is 8.85. The van der Waals surface area contributed by atoms with E-state index in [1.165, 1.54) is 0 Å². The molecule has 0 atom stereocenters. The van der Waals surface area contributed by atoms with Crippen LogP contribution in [0.4, 0.5) is 0 Å². The van der Waals surface area contributed by atoms with Gasteiger partial charge in [0.15, 0.2) is 5.75 Å². The van der Waals surface area contributed by atoms with Crippen LogP contribution in [0.5, 0.6) is 0 Å². The van der Waals surface area contributed by atoms with Crippen LogP contribution in [-0.2, 0) is 19.6 Å². The second-order valence-electron chi connectivity index (χ2n) is 4.28. The van der Waals surface area contributed by atoms with Gasteiger partial charge in [0, 0.05) is 32.7 Å². The maximum atomic E-state index is 11.7. The molecule has 1 fully saturated rings. The van der Waals surface area contributed by atoms with E-state index in [4.69, 9.17) is 5.11 Å². The van der Waals surface area contributed by atoms with Crippen LogP contribution in [0.3, 0.4) is 0 Å². The molecule has 1 heterocycles. The van der Waals surface area contributed by atoms with Crippen molar-refractivity contribution in [2.24, 2.45) is 0 Å². The molecule has 0 aliphatic carbocycles. The number of carbonyl (C=O) groups is 2. The normalized spacial score (nSPS) is 18.2. The maximum absolute atomic E-state index is 11.7. The molecule has 9 heteroatoms. The molecule has 19 heavy (non-hydrogen) atoms. The lowest BCUT2D eigenvalue weighted by molar-refractivity contribution is -0.134. The standard InChI is InChI=1S/C10H19N3O5S/c1-2-11-9(14)7-12-3-5-13(6-4-12)19(17,18)8-10(15)16/h2-8H2,1H3,(H,11,14)(H,15,16). The Kier molecular flexibility index (Phi) is 5.70. The fourth-order valence-electron chi connectivity index (χ4n) is 1.87. The summed E-state index contributed by atoms with van der Waals surface area (Å²) in [6, 6.07) is 0. The smallest absolute Gasteiger partial charge is 0.320 e. The van der Waals surface area contributed by atoms with Crippen molar-refractivity contribution in [1.82, 2.24) is 14.5 Å². The first-order valence-corrected chi connectivity index (χ1v) is 7.64. The molecular weight excluding hydrogens is 274 g/mol. The molecule has 0 saturated carbocycles. The van der Waals surface area contributed by atoms with Crippen LogP contribution in [0.1, 0.15) is 6.92 Å². The average Bonchev–Trinajstić information content (AvgIpc) is 2.28. The lowest BCUT2D eigenvalue weighted by atomic mass is 10.3. The number of nitrogens with one attached hydrogen (secondary N) is 1. The van der Waals surface area contributed by atoms with Gasteiger partial charge in [0.25, 0.3) is 0 Å². The van der Waals surface area contributed by atoms with Gasteiger partial charge in [-0.25, -0.2) is 8.42 Å². The molecule has 0 aromatic heterocycles. The number of carbonyl (C=O) groups excluding carboxylic acids is 1. The van der Waals surface area contributed by atoms with Crippen molar-refractivity contribution in [3.8, 4) is 0 Å². The predicted octanol–water partition coefficient (Wildman–Crippen LogP) is -1.85. The zero-order chi connectivity index (χ0) is 14.5. The van der Waals surface area contributed by atoms with Gasteiger partial charge < -0.3 is 10.4 Å². The van der Waals surface area contributed by atoms with Crippen molar-refractivity contribution in [2.75, 3.05) is 45.0 Å². The van der Waals surface area contributed by atoms with Crippen LogP contribution in [0.2, 0.25) is 0 Å². The summed E-state index contributed by atoms with van der Waals surface area (Å²) in [6.45, 7) is 3.91. The number of sulfonamides is 1. The van der Waals surface area contributed by atoms with Crippen molar-refractivity contribution in [1.29, 1.82) is 0 Å². The number of piperazine rings is 1. The zero-order valence-corrected chi connectivity index (χ0v) is 11.6. The topological polar surface area (TPSA) is 107 Å². The van der Waals surface area contributed by atoms with Crippen molar-refractivity contribution in [3.05, 3.63) is 0 Å². The predicted molar refractivity (Wildman–Crippen MR) is 68.1 cm³/mol. The summed E-state index contributed by atoms with van der Waals surface area (Å²) >= 11 is 0. The van der Waals surface area contributed by atoms with Gasteiger partial charge in [-0.05, 0) is 6.92 Å². The highest BCUT2D eigenvalue weighted by Gasteiger charge is 2.29. The number of carboxylic acids is 1. The molecule has 0 aromatic carbocycles. The van der Waals surface area contributed by atoms with Crippen molar-refractivity contribution in [3.63, 3.8) is 0 Å². The SMILES string of the molecule is CCNC(=O)CN1CCN(S(=O)(=O)CC(=O)O)CC1. The van der Waals surface area contributed by atoms with Gasteiger partial charge in [0.05, 0.1) is 6.54 Å². The van der Waals surface area contributed by atoms with Gasteiger partial charge in [-0.1, -0.05) is 0 Å². The maximum Gasteiger partial charge on any atom is 0.320 e. The van der Waals surface area contributed by atoms with Crippen LogP contribution in [0.15, 0.2) is 0 Å². The summed E-state index contributed by atoms with van der Waals surface area (Å²) in [7, 11) is -3.74. The van der Waals surface area contributed by atoms with Crippen molar-refractivity contribution >= 4 is 21.9 Å². The molecule has 1 amide bonds. The van der Waals surface area contributed by atoms with Crippen LogP contribution in [0, 0.1) is 0 Å². The number of hydrogen-bond acceptors (Lipinski definition) is 5. The Morgan fingerprint density at radius 2 is 1.79 bits per heavy atom. The minimum atomic E-state index is -3.74. The summed E-state index contributed by atoms with van der Waals surface area (Å²) in [5, 5.41) is 11.2. The number of likely N-dealkylation sites (N-methyl/N-ethyl adjacent to an activating group) is 1. The quantitative estimate of drug-likeness (QED) is 0.595. The lowest BCUT2D eigenvalue weighted by Crippen LogP contribution is -2.51. The fourth-order valence-corrected chi connectivity index (χ4v) is 3.08. The highest BCUT2D eigenvalue weighted by Crippen LogP contribution is 2.07. The first kappa shape index (κ1) is 15.9. The summed E-state index contributed by atoms with van der Waals surface area (Å²) in [5.41, 5.74) is 0. The Labute approximate surface area is 112 Å². The highest BCUT2D eigenvalue weighted by atomic mass is 32.2. The van der Waals surface area contributed by atoms with Gasteiger partial charge >= 0.3 is 5.97 Å². The minimum Gasteiger partial charge on any atom is -0.480 e. The molecular formula is C10H19N3O5S. The van der Waals surface area contributed by atoms with Crippen LogP contribution in [0.25, 0.3) is 0 Å². The third-order valence-electron chi connectivity index (χ3n) is 2.77. The average molecular weight is 293 g/mol. The molecule has 8 nitrogen and oxygen atoms in total. The number of carboxylic acid groups (broad SMARTS) is 1. The van der Waals surface area contributed by atoms with E-state index in [1.807, 2.05) is 11.8 Å². The van der Waals surface area contributed by atoms with Crippen molar-refractivity contribution in [2.45, 2.75) is 6.92 Å². The molecule has 0 spiro atoms. The molecule has 1 aliphatic rings. The van der Waals surface area contributed by atoms with Crippen molar-refractivity contribution < 1.29 is 23.1 Å². The monoisotopic (exact) mass is 293 g/mol. The van der Waals surface area contributed by atoms with Gasteiger partial charge in [0.1, 0.15) is 0 Å². The number of rotatable bonds is 6. The molecule has 0 unspecified atom stereocenters. The summed E-state index contributed by atoms with van der Waals surface area (Å²) < 4.78 is 24.5. The fraction of sp³-hybridized carbons (Fsp3) is 0.800. The minimum absolute atomic E-state index is 0.0932. The molecule has 0 radical (unpaired) electrons. The Bertz CT molecular complexity index is 428. The third kappa shape index (κ3) is 5.13. The molecule has 2 N–H and O–H groups in total. The molecule has 1 aliphatic heterocycles. The van der Waals surface area contributed by atoms with Gasteiger partial charge in [-0.2, -0.15) is 4.31 Å². The van der Waals surface area contributed by atoms with E-state index in [9.17, 15) is 18.0 Å². The van der Waals surface area contributed by atoms with Crippen LogP contribution >= 0.6 is 0 Å². The van der Waals surface area contributed by atoms with Gasteiger partial charge in [0.2, 0.25) is 15.9 Å². The molecule has 110 valence electrons. The highest BCUT2D eigenvalue weighted by molar-refractivity contribution is 7.89. The summed E-state index contributed by atoms with van der Waals surface area (Å²) in [6.07, 6.45) is 0.